The fraction of sp³-hybridized carbons (Fsp3) is 0.381. The maximum Gasteiger partial charge on any atom is 0.246 e. The summed E-state index contributed by atoms with van der Waals surface area (Å²) in [6.45, 7) is 4.50. The minimum absolute atomic E-state index is 0.0706. The maximum atomic E-state index is 12.2. The SMILES string of the molecule is CCCN1CC(=O)N(C)C2=C1NC(NCc1cnn(Cc3ccc(Cl)c(Cl)c3)c1)N=C2. The molecule has 1 aromatic carbocycles. The third-order valence-corrected chi connectivity index (χ3v) is 5.99. The number of hydrogen-bond acceptors (Lipinski definition) is 6. The van der Waals surface area contributed by atoms with Crippen LogP contribution >= 0.6 is 23.2 Å². The van der Waals surface area contributed by atoms with Crippen LogP contribution in [0.4, 0.5) is 0 Å². The number of rotatable bonds is 7. The van der Waals surface area contributed by atoms with Crippen molar-refractivity contribution in [2.75, 3.05) is 20.1 Å². The van der Waals surface area contributed by atoms with E-state index in [1.165, 1.54) is 0 Å². The molecule has 1 atom stereocenters. The first-order chi connectivity index (χ1) is 14.9. The molecule has 3 heterocycles. The highest BCUT2D eigenvalue weighted by atomic mass is 35.5. The zero-order chi connectivity index (χ0) is 22.0. The van der Waals surface area contributed by atoms with Crippen molar-refractivity contribution in [3.63, 3.8) is 0 Å². The second-order valence-corrected chi connectivity index (χ2v) is 8.42. The Morgan fingerprint density at radius 1 is 1.26 bits per heavy atom. The van der Waals surface area contributed by atoms with Gasteiger partial charge in [0.25, 0.3) is 0 Å². The monoisotopic (exact) mass is 461 g/mol. The first-order valence-corrected chi connectivity index (χ1v) is 10.9. The molecule has 4 rings (SSSR count). The summed E-state index contributed by atoms with van der Waals surface area (Å²) >= 11 is 12.1. The second-order valence-electron chi connectivity index (χ2n) is 7.61. The quantitative estimate of drug-likeness (QED) is 0.662. The van der Waals surface area contributed by atoms with E-state index in [0.717, 1.165) is 35.6 Å². The third kappa shape index (κ3) is 4.87. The molecule has 0 radical (unpaired) electrons. The smallest absolute Gasteiger partial charge is 0.246 e. The number of nitrogens with zero attached hydrogens (tertiary/aromatic N) is 5. The highest BCUT2D eigenvalue weighted by Crippen LogP contribution is 2.23. The van der Waals surface area contributed by atoms with Crippen LogP contribution in [0, 0.1) is 0 Å². The van der Waals surface area contributed by atoms with Crippen LogP contribution < -0.4 is 10.6 Å². The van der Waals surface area contributed by atoms with E-state index in [1.54, 1.807) is 24.2 Å². The summed E-state index contributed by atoms with van der Waals surface area (Å²) in [4.78, 5) is 20.5. The number of aromatic nitrogens is 2. The van der Waals surface area contributed by atoms with E-state index >= 15 is 0 Å². The Kier molecular flexibility index (Phi) is 6.50. The Balaban J connectivity index is 1.36. The molecule has 10 heteroatoms. The van der Waals surface area contributed by atoms with Gasteiger partial charge in [-0.3, -0.25) is 19.8 Å². The predicted molar refractivity (Wildman–Crippen MR) is 122 cm³/mol. The summed E-state index contributed by atoms with van der Waals surface area (Å²) in [5, 5.41) is 12.3. The summed E-state index contributed by atoms with van der Waals surface area (Å²) in [5.74, 6) is 1.01. The fourth-order valence-corrected chi connectivity index (χ4v) is 3.94. The van der Waals surface area contributed by atoms with Gasteiger partial charge in [-0.25, -0.2) is 0 Å². The van der Waals surface area contributed by atoms with E-state index in [2.05, 4.69) is 32.5 Å². The number of allylic oxidation sites excluding steroid dienone is 1. The average Bonchev–Trinajstić information content (AvgIpc) is 3.20. The first kappa shape index (κ1) is 21.7. The molecule has 0 aliphatic carbocycles. The number of amides is 1. The number of halogens is 2. The maximum absolute atomic E-state index is 12.2. The Hall–Kier alpha value is -2.55. The molecule has 0 saturated carbocycles. The Labute approximate surface area is 191 Å². The number of hydrogen-bond donors (Lipinski definition) is 2. The predicted octanol–water partition coefficient (Wildman–Crippen LogP) is 2.64. The number of carbonyl (C=O) groups is 1. The van der Waals surface area contributed by atoms with Gasteiger partial charge in [0.1, 0.15) is 11.5 Å². The van der Waals surface area contributed by atoms with Gasteiger partial charge in [-0.05, 0) is 24.1 Å². The van der Waals surface area contributed by atoms with Gasteiger partial charge in [0.05, 0.1) is 35.5 Å². The van der Waals surface area contributed by atoms with Crippen molar-refractivity contribution in [2.24, 2.45) is 4.99 Å². The molecule has 2 aromatic rings. The molecule has 31 heavy (non-hydrogen) atoms. The van der Waals surface area contributed by atoms with Crippen molar-refractivity contribution in [3.8, 4) is 0 Å². The van der Waals surface area contributed by atoms with Crippen molar-refractivity contribution < 1.29 is 4.79 Å². The fourth-order valence-electron chi connectivity index (χ4n) is 3.62. The third-order valence-electron chi connectivity index (χ3n) is 5.25. The molecule has 0 spiro atoms. The summed E-state index contributed by atoms with van der Waals surface area (Å²) in [7, 11) is 1.78. The van der Waals surface area contributed by atoms with Gasteiger partial charge < -0.3 is 15.1 Å². The van der Waals surface area contributed by atoms with Crippen LogP contribution in [0.15, 0.2) is 47.1 Å². The molecular weight excluding hydrogens is 437 g/mol. The summed E-state index contributed by atoms with van der Waals surface area (Å²) in [5.41, 5.74) is 2.87. The Bertz CT molecular complexity index is 1030. The van der Waals surface area contributed by atoms with Crippen LogP contribution in [0.5, 0.6) is 0 Å². The van der Waals surface area contributed by atoms with E-state index < -0.39 is 0 Å². The van der Waals surface area contributed by atoms with Crippen LogP contribution in [0.3, 0.4) is 0 Å². The van der Waals surface area contributed by atoms with Gasteiger partial charge in [-0.1, -0.05) is 36.2 Å². The minimum Gasteiger partial charge on any atom is -0.347 e. The van der Waals surface area contributed by atoms with Gasteiger partial charge >= 0.3 is 0 Å². The van der Waals surface area contributed by atoms with Gasteiger partial charge in [0.15, 0.2) is 6.29 Å². The zero-order valence-corrected chi connectivity index (χ0v) is 19.0. The van der Waals surface area contributed by atoms with Crippen LogP contribution in [-0.4, -0.2) is 58.1 Å². The largest absolute Gasteiger partial charge is 0.347 e. The molecule has 1 amide bonds. The van der Waals surface area contributed by atoms with Gasteiger partial charge in [-0.15, -0.1) is 0 Å². The van der Waals surface area contributed by atoms with Gasteiger partial charge in [0, 0.05) is 31.9 Å². The molecule has 0 bridgehead atoms. The van der Waals surface area contributed by atoms with Crippen LogP contribution in [0.25, 0.3) is 0 Å². The lowest BCUT2D eigenvalue weighted by Gasteiger charge is -2.39. The summed E-state index contributed by atoms with van der Waals surface area (Å²) in [6, 6.07) is 5.58. The normalized spacial score (nSPS) is 18.5. The van der Waals surface area contributed by atoms with Crippen molar-refractivity contribution in [1.29, 1.82) is 0 Å². The highest BCUT2D eigenvalue weighted by Gasteiger charge is 2.31. The van der Waals surface area contributed by atoms with Gasteiger partial charge in [-0.2, -0.15) is 5.10 Å². The second kappa shape index (κ2) is 9.30. The van der Waals surface area contributed by atoms with Crippen LogP contribution in [0.2, 0.25) is 10.0 Å². The van der Waals surface area contributed by atoms with E-state index in [0.29, 0.717) is 29.7 Å². The first-order valence-electron chi connectivity index (χ1n) is 10.2. The minimum atomic E-state index is -0.280. The molecule has 164 valence electrons. The molecule has 2 aliphatic rings. The number of nitrogens with one attached hydrogen (secondary N) is 2. The van der Waals surface area contributed by atoms with E-state index in [4.69, 9.17) is 23.2 Å². The topological polar surface area (TPSA) is 77.8 Å². The Morgan fingerprint density at radius 2 is 2.10 bits per heavy atom. The summed E-state index contributed by atoms with van der Waals surface area (Å²) in [6.07, 6.45) is 6.26. The van der Waals surface area contributed by atoms with Crippen molar-refractivity contribution in [2.45, 2.75) is 32.7 Å². The van der Waals surface area contributed by atoms with E-state index in [-0.39, 0.29) is 12.2 Å². The molecule has 8 nitrogen and oxygen atoms in total. The lowest BCUT2D eigenvalue weighted by atomic mass is 10.2. The van der Waals surface area contributed by atoms with Crippen LogP contribution in [-0.2, 0) is 17.9 Å². The highest BCUT2D eigenvalue weighted by molar-refractivity contribution is 6.42. The molecular formula is C21H25Cl2N7O. The molecule has 1 unspecified atom stereocenters. The lowest BCUT2D eigenvalue weighted by molar-refractivity contribution is -0.130. The van der Waals surface area contributed by atoms with Crippen molar-refractivity contribution >= 4 is 35.3 Å². The molecule has 2 N–H and O–H groups in total. The number of likely N-dealkylation sites (N-methyl/N-ethyl adjacent to an activating group) is 1. The number of benzene rings is 1. The van der Waals surface area contributed by atoms with Crippen molar-refractivity contribution in [1.82, 2.24) is 30.2 Å². The molecule has 2 aliphatic heterocycles. The standard InChI is InChI=1S/C21H25Cl2N7O/c1-3-6-29-13-19(31)28(2)18-10-25-21(27-20(18)29)24-8-15-9-26-30(12-15)11-14-4-5-16(22)17(23)7-14/h4-5,7,9-10,12,21,24,27H,3,6,8,11,13H2,1-2H3. The summed E-state index contributed by atoms with van der Waals surface area (Å²) < 4.78 is 1.86. The van der Waals surface area contributed by atoms with Gasteiger partial charge in [0.2, 0.25) is 5.91 Å². The molecule has 0 saturated heterocycles. The Morgan fingerprint density at radius 3 is 2.87 bits per heavy atom. The average molecular weight is 462 g/mol. The zero-order valence-electron chi connectivity index (χ0n) is 17.5. The van der Waals surface area contributed by atoms with Crippen molar-refractivity contribution in [3.05, 3.63) is 63.3 Å². The molecule has 1 aromatic heterocycles. The number of carbonyl (C=O) groups excluding carboxylic acids is 1. The van der Waals surface area contributed by atoms with E-state index in [9.17, 15) is 4.79 Å². The lowest BCUT2D eigenvalue weighted by Crippen LogP contribution is -2.54. The number of aliphatic imine (C=N–C) groups is 1. The molecule has 0 fully saturated rings. The van der Waals surface area contributed by atoms with Crippen LogP contribution in [0.1, 0.15) is 24.5 Å². The van der Waals surface area contributed by atoms with E-state index in [1.807, 2.05) is 29.2 Å².